The molecule has 0 spiro atoms. The molecule has 2 N–H and O–H groups in total. The Hall–Kier alpha value is -2.41. The number of rotatable bonds is 8. The first-order valence-corrected chi connectivity index (χ1v) is 9.67. The number of hydrogen-bond donors (Lipinski definition) is 2. The Balaban J connectivity index is 1.86. The van der Waals surface area contributed by atoms with E-state index in [-0.39, 0.29) is 0 Å². The Labute approximate surface area is 174 Å². The molecule has 0 amide bonds. The Bertz CT molecular complexity index is 918. The third-order valence-electron chi connectivity index (χ3n) is 3.94. The van der Waals surface area contributed by atoms with Crippen LogP contribution in [0.4, 0.5) is 17.5 Å². The molecule has 0 saturated carbocycles. The van der Waals surface area contributed by atoms with Crippen molar-refractivity contribution in [1.29, 1.82) is 0 Å². The zero-order valence-corrected chi connectivity index (χ0v) is 17.3. The second-order valence-corrected chi connectivity index (χ2v) is 7.38. The summed E-state index contributed by atoms with van der Waals surface area (Å²) in [5.74, 6) is 1.18. The van der Waals surface area contributed by atoms with Gasteiger partial charge in [-0.15, -0.1) is 0 Å². The molecule has 0 fully saturated rings. The topological polar surface area (TPSA) is 66.0 Å². The number of nitrogens with one attached hydrogen (secondary N) is 2. The maximum Gasteiger partial charge on any atom is 0.225 e. The summed E-state index contributed by atoms with van der Waals surface area (Å²) in [6, 6.07) is 11.0. The van der Waals surface area contributed by atoms with Crippen molar-refractivity contribution in [2.45, 2.75) is 6.42 Å². The fourth-order valence-corrected chi connectivity index (χ4v) is 3.03. The minimum Gasteiger partial charge on any atom is -0.354 e. The highest BCUT2D eigenvalue weighted by Gasteiger charge is 2.09. The molecule has 1 aromatic carbocycles. The lowest BCUT2D eigenvalue weighted by molar-refractivity contribution is 0.405. The molecule has 0 aliphatic rings. The van der Waals surface area contributed by atoms with Gasteiger partial charge in [-0.1, -0.05) is 23.2 Å². The molecule has 3 aromatic rings. The van der Waals surface area contributed by atoms with E-state index < -0.39 is 0 Å². The molecule has 28 heavy (non-hydrogen) atoms. The van der Waals surface area contributed by atoms with Crippen LogP contribution in [0.5, 0.6) is 0 Å². The molecular formula is C20H22Cl2N6. The highest BCUT2D eigenvalue weighted by atomic mass is 35.5. The molecule has 0 aliphatic heterocycles. The van der Waals surface area contributed by atoms with Gasteiger partial charge in [0.2, 0.25) is 5.95 Å². The summed E-state index contributed by atoms with van der Waals surface area (Å²) in [5, 5.41) is 7.65. The standard InChI is InChI=1S/C20H22Cl2N6/c1-28(2)10-4-9-24-20-26-18(14-5-3-8-23-13-14)12-19(27-20)25-17-7-6-15(21)11-16(17)22/h3,5-8,11-13H,4,9-10H2,1-2H3,(H2,24,25,26,27). The molecule has 0 saturated heterocycles. The van der Waals surface area contributed by atoms with Crippen molar-refractivity contribution in [2.24, 2.45) is 0 Å². The van der Waals surface area contributed by atoms with Crippen LogP contribution in [0.2, 0.25) is 10.0 Å². The number of pyridine rings is 1. The predicted molar refractivity (Wildman–Crippen MR) is 117 cm³/mol. The second-order valence-electron chi connectivity index (χ2n) is 6.54. The van der Waals surface area contributed by atoms with E-state index in [1.807, 2.05) is 24.3 Å². The van der Waals surface area contributed by atoms with E-state index >= 15 is 0 Å². The summed E-state index contributed by atoms with van der Waals surface area (Å²) in [6.45, 7) is 1.76. The van der Waals surface area contributed by atoms with E-state index in [1.165, 1.54) is 0 Å². The summed E-state index contributed by atoms with van der Waals surface area (Å²) in [5.41, 5.74) is 2.40. The molecule has 0 atom stereocenters. The summed E-state index contributed by atoms with van der Waals surface area (Å²) < 4.78 is 0. The monoisotopic (exact) mass is 416 g/mol. The third-order valence-corrected chi connectivity index (χ3v) is 4.49. The lowest BCUT2D eigenvalue weighted by Gasteiger charge is -2.13. The van der Waals surface area contributed by atoms with Crippen LogP contribution < -0.4 is 10.6 Å². The first kappa shape index (κ1) is 20.3. The van der Waals surface area contributed by atoms with Gasteiger partial charge in [-0.2, -0.15) is 4.98 Å². The van der Waals surface area contributed by atoms with Crippen molar-refractivity contribution < 1.29 is 0 Å². The second kappa shape index (κ2) is 9.68. The van der Waals surface area contributed by atoms with Crippen molar-refractivity contribution in [3.05, 3.63) is 58.8 Å². The highest BCUT2D eigenvalue weighted by Crippen LogP contribution is 2.29. The summed E-state index contributed by atoms with van der Waals surface area (Å²) in [7, 11) is 4.11. The van der Waals surface area contributed by atoms with E-state index in [0.717, 1.165) is 36.5 Å². The molecule has 0 radical (unpaired) electrons. The number of hydrogen-bond acceptors (Lipinski definition) is 6. The van der Waals surface area contributed by atoms with Crippen molar-refractivity contribution in [3.8, 4) is 11.3 Å². The van der Waals surface area contributed by atoms with Crippen LogP contribution in [-0.4, -0.2) is 47.0 Å². The van der Waals surface area contributed by atoms with E-state index in [9.17, 15) is 0 Å². The Morgan fingerprint density at radius 3 is 2.64 bits per heavy atom. The maximum atomic E-state index is 6.29. The largest absolute Gasteiger partial charge is 0.354 e. The van der Waals surface area contributed by atoms with Gasteiger partial charge in [0, 0.05) is 35.6 Å². The van der Waals surface area contributed by atoms with E-state index in [1.54, 1.807) is 24.5 Å². The minimum atomic E-state index is 0.523. The van der Waals surface area contributed by atoms with E-state index in [4.69, 9.17) is 23.2 Å². The molecule has 2 aromatic heterocycles. The van der Waals surface area contributed by atoms with Gasteiger partial charge in [-0.3, -0.25) is 4.98 Å². The molecule has 3 rings (SSSR count). The smallest absolute Gasteiger partial charge is 0.225 e. The number of anilines is 3. The minimum absolute atomic E-state index is 0.523. The van der Waals surface area contributed by atoms with Gasteiger partial charge in [-0.25, -0.2) is 4.98 Å². The highest BCUT2D eigenvalue weighted by molar-refractivity contribution is 6.36. The van der Waals surface area contributed by atoms with Gasteiger partial charge in [0.05, 0.1) is 16.4 Å². The molecule has 0 aliphatic carbocycles. The Kier molecular flexibility index (Phi) is 7.03. The van der Waals surface area contributed by atoms with Gasteiger partial charge in [-0.05, 0) is 57.4 Å². The van der Waals surface area contributed by atoms with Crippen molar-refractivity contribution in [1.82, 2.24) is 19.9 Å². The number of benzene rings is 1. The number of nitrogens with zero attached hydrogens (tertiary/aromatic N) is 4. The Morgan fingerprint density at radius 1 is 1.07 bits per heavy atom. The van der Waals surface area contributed by atoms with Crippen LogP contribution >= 0.6 is 23.2 Å². The van der Waals surface area contributed by atoms with Crippen LogP contribution in [0.1, 0.15) is 6.42 Å². The van der Waals surface area contributed by atoms with Gasteiger partial charge in [0.1, 0.15) is 5.82 Å². The van der Waals surface area contributed by atoms with E-state index in [0.29, 0.717) is 21.8 Å². The predicted octanol–water partition coefficient (Wildman–Crippen LogP) is 4.95. The van der Waals surface area contributed by atoms with Gasteiger partial charge >= 0.3 is 0 Å². The third kappa shape index (κ3) is 5.79. The average Bonchev–Trinajstić information content (AvgIpc) is 2.68. The fourth-order valence-electron chi connectivity index (χ4n) is 2.58. The average molecular weight is 417 g/mol. The van der Waals surface area contributed by atoms with Gasteiger partial charge in [0.25, 0.3) is 0 Å². The van der Waals surface area contributed by atoms with Gasteiger partial charge < -0.3 is 15.5 Å². The quantitative estimate of drug-likeness (QED) is 0.506. The summed E-state index contributed by atoms with van der Waals surface area (Å²) >= 11 is 12.3. The van der Waals surface area contributed by atoms with Crippen LogP contribution in [0.25, 0.3) is 11.3 Å². The van der Waals surface area contributed by atoms with E-state index in [2.05, 4.69) is 44.6 Å². The van der Waals surface area contributed by atoms with Crippen LogP contribution in [-0.2, 0) is 0 Å². The molecule has 146 valence electrons. The van der Waals surface area contributed by atoms with Crippen molar-refractivity contribution in [3.63, 3.8) is 0 Å². The zero-order valence-electron chi connectivity index (χ0n) is 15.8. The van der Waals surface area contributed by atoms with Crippen molar-refractivity contribution in [2.75, 3.05) is 37.8 Å². The molecule has 0 unspecified atom stereocenters. The summed E-state index contributed by atoms with van der Waals surface area (Å²) in [4.78, 5) is 15.5. The van der Waals surface area contributed by atoms with Gasteiger partial charge in [0.15, 0.2) is 0 Å². The molecule has 8 heteroatoms. The molecule has 6 nitrogen and oxygen atoms in total. The summed E-state index contributed by atoms with van der Waals surface area (Å²) in [6.07, 6.45) is 4.49. The van der Waals surface area contributed by atoms with Crippen molar-refractivity contribution >= 4 is 40.7 Å². The first-order chi connectivity index (χ1) is 13.5. The zero-order chi connectivity index (χ0) is 19.9. The molecule has 0 bridgehead atoms. The Morgan fingerprint density at radius 2 is 1.93 bits per heavy atom. The first-order valence-electron chi connectivity index (χ1n) is 8.91. The molecule has 2 heterocycles. The van der Waals surface area contributed by atoms with Crippen LogP contribution in [0, 0.1) is 0 Å². The molecular weight excluding hydrogens is 395 g/mol. The lowest BCUT2D eigenvalue weighted by Crippen LogP contribution is -2.17. The maximum absolute atomic E-state index is 6.29. The lowest BCUT2D eigenvalue weighted by atomic mass is 10.2. The van der Waals surface area contributed by atoms with Crippen LogP contribution in [0.3, 0.4) is 0 Å². The van der Waals surface area contributed by atoms with Crippen LogP contribution in [0.15, 0.2) is 48.8 Å². The SMILES string of the molecule is CN(C)CCCNc1nc(Nc2ccc(Cl)cc2Cl)cc(-c2cccnc2)n1. The number of aromatic nitrogens is 3. The normalized spacial score (nSPS) is 10.9. The fraction of sp³-hybridized carbons (Fsp3) is 0.250. The number of halogens is 2.